The van der Waals surface area contributed by atoms with E-state index in [0.29, 0.717) is 0 Å². The van der Waals surface area contributed by atoms with E-state index in [1.807, 2.05) is 0 Å². The summed E-state index contributed by atoms with van der Waals surface area (Å²) in [4.78, 5) is 24.8. The lowest BCUT2D eigenvalue weighted by molar-refractivity contribution is -0.349. The molecule has 17 nitrogen and oxygen atoms in total. The Morgan fingerprint density at radius 3 is 2.20 bits per heavy atom. The number of ether oxygens (including phenoxy) is 5. The molecule has 10 atom stereocenters. The number of hydrogen-bond acceptors (Lipinski definition) is 17. The van der Waals surface area contributed by atoms with Crippen LogP contribution < -0.4 is 10.2 Å². The third kappa shape index (κ3) is 6.26. The van der Waals surface area contributed by atoms with Crippen molar-refractivity contribution in [2.45, 2.75) is 75.3 Å². The molecule has 0 saturated carbocycles. The van der Waals surface area contributed by atoms with Gasteiger partial charge in [0.2, 0.25) is 17.5 Å². The third-order valence-corrected chi connectivity index (χ3v) is 7.58. The van der Waals surface area contributed by atoms with Gasteiger partial charge in [-0.25, -0.2) is 0 Å². The van der Waals surface area contributed by atoms with Gasteiger partial charge in [0.25, 0.3) is 0 Å². The summed E-state index contributed by atoms with van der Waals surface area (Å²) in [6, 6.07) is 5.29. The molecule has 0 unspecified atom stereocenters. The highest BCUT2D eigenvalue weighted by molar-refractivity contribution is 5.88. The van der Waals surface area contributed by atoms with Crippen LogP contribution in [0.3, 0.4) is 0 Å². The molecule has 2 aliphatic heterocycles. The van der Waals surface area contributed by atoms with Gasteiger partial charge in [-0.2, -0.15) is 0 Å². The number of hydrogen-bond donors (Lipinski definition) is 9. The van der Waals surface area contributed by atoms with Gasteiger partial charge in [-0.15, -0.1) is 0 Å². The fourth-order valence-corrected chi connectivity index (χ4v) is 5.16. The van der Waals surface area contributed by atoms with Gasteiger partial charge in [-0.05, 0) is 25.1 Å². The van der Waals surface area contributed by atoms with Crippen molar-refractivity contribution in [3.05, 3.63) is 40.6 Å². The molecular weight excluding hydrogens is 620 g/mol. The Morgan fingerprint density at radius 2 is 1.52 bits per heavy atom. The number of phenolic OH excluding ortho intramolecular Hbond substituents is 4. The molecule has 1 aromatic heterocycles. The SMILES string of the molecule is CC(=O)OC[C@H]1O[C@@H](O[C@@H]2[C@@H](O)[C@@H](O)[C@H](Oc3c(-c4ccc(O)c(O)c4)oc4cc(O)cc(O)c4c3=O)O[C@H]2C)[C@H](O)[C@H](O)[C@H]1O. The summed E-state index contributed by atoms with van der Waals surface area (Å²) in [5.41, 5.74) is -1.29. The van der Waals surface area contributed by atoms with E-state index in [9.17, 15) is 55.5 Å². The predicted molar refractivity (Wildman–Crippen MR) is 150 cm³/mol. The monoisotopic (exact) mass is 652 g/mol. The van der Waals surface area contributed by atoms with E-state index in [-0.39, 0.29) is 16.9 Å². The number of rotatable bonds is 7. The molecule has 3 aromatic rings. The first-order valence-corrected chi connectivity index (χ1v) is 13.9. The van der Waals surface area contributed by atoms with Crippen molar-refractivity contribution in [1.82, 2.24) is 0 Å². The Labute approximate surface area is 258 Å². The Morgan fingerprint density at radius 1 is 0.826 bits per heavy atom. The molecule has 2 aromatic carbocycles. The van der Waals surface area contributed by atoms with Crippen molar-refractivity contribution >= 4 is 16.9 Å². The number of aliphatic hydroxyl groups excluding tert-OH is 5. The minimum absolute atomic E-state index is 0.0141. The second kappa shape index (κ2) is 12.9. The van der Waals surface area contributed by atoms with E-state index in [0.717, 1.165) is 31.2 Å². The van der Waals surface area contributed by atoms with E-state index in [2.05, 4.69) is 0 Å². The highest BCUT2D eigenvalue weighted by atomic mass is 16.7. The van der Waals surface area contributed by atoms with Crippen molar-refractivity contribution in [3.8, 4) is 40.1 Å². The van der Waals surface area contributed by atoms with E-state index in [1.165, 1.54) is 13.0 Å². The van der Waals surface area contributed by atoms with Crippen LogP contribution in [0, 0.1) is 0 Å². The van der Waals surface area contributed by atoms with Gasteiger partial charge in [0, 0.05) is 24.6 Å². The Balaban J connectivity index is 1.43. The number of carbonyl (C=O) groups is 1. The van der Waals surface area contributed by atoms with Crippen molar-refractivity contribution in [1.29, 1.82) is 0 Å². The number of benzene rings is 2. The molecule has 0 bridgehead atoms. The minimum atomic E-state index is -1.96. The lowest BCUT2D eigenvalue weighted by Crippen LogP contribution is -2.64. The molecule has 0 amide bonds. The summed E-state index contributed by atoms with van der Waals surface area (Å²) in [5, 5.41) is 92.7. The smallest absolute Gasteiger partial charge is 0.302 e. The van der Waals surface area contributed by atoms with Crippen LogP contribution in [0.2, 0.25) is 0 Å². The fourth-order valence-electron chi connectivity index (χ4n) is 5.16. The van der Waals surface area contributed by atoms with Crippen molar-refractivity contribution in [3.63, 3.8) is 0 Å². The first kappa shape index (κ1) is 33.2. The molecule has 0 aliphatic carbocycles. The lowest BCUT2D eigenvalue weighted by atomic mass is 9.97. The number of aliphatic hydroxyl groups is 5. The van der Waals surface area contributed by atoms with Crippen LogP contribution in [-0.2, 0) is 23.7 Å². The van der Waals surface area contributed by atoms with Crippen LogP contribution in [0.15, 0.2) is 39.5 Å². The van der Waals surface area contributed by atoms with Crippen LogP contribution >= 0.6 is 0 Å². The average molecular weight is 653 g/mol. The Kier molecular flexibility index (Phi) is 9.30. The summed E-state index contributed by atoms with van der Waals surface area (Å²) >= 11 is 0. The Bertz CT molecular complexity index is 1650. The third-order valence-electron chi connectivity index (χ3n) is 7.58. The summed E-state index contributed by atoms with van der Waals surface area (Å²) in [6.45, 7) is 1.99. The quantitative estimate of drug-likeness (QED) is 0.108. The van der Waals surface area contributed by atoms with Crippen LogP contribution in [0.4, 0.5) is 0 Å². The zero-order chi connectivity index (χ0) is 33.6. The second-order valence-corrected chi connectivity index (χ2v) is 10.9. The van der Waals surface area contributed by atoms with Crippen LogP contribution in [-0.4, -0.2) is 120 Å². The molecular formula is C29H32O17. The van der Waals surface area contributed by atoms with Crippen LogP contribution in [0.5, 0.6) is 28.7 Å². The lowest BCUT2D eigenvalue weighted by Gasteiger charge is -2.45. The number of carbonyl (C=O) groups excluding carboxylic acids is 1. The molecule has 0 spiro atoms. The number of aromatic hydroxyl groups is 4. The molecule has 3 heterocycles. The normalized spacial score (nSPS) is 31.5. The largest absolute Gasteiger partial charge is 0.508 e. The first-order chi connectivity index (χ1) is 21.7. The van der Waals surface area contributed by atoms with E-state index < -0.39 is 114 Å². The zero-order valence-corrected chi connectivity index (χ0v) is 24.2. The first-order valence-electron chi connectivity index (χ1n) is 13.9. The minimum Gasteiger partial charge on any atom is -0.508 e. The summed E-state index contributed by atoms with van der Waals surface area (Å²) in [6.07, 6.45) is -16.6. The molecule has 5 rings (SSSR count). The standard InChI is InChI=1S/C29H32O17/c1-9-25(45-29-23(39)21(37)19(35)17(44-29)8-41-10(2)30)22(38)24(40)28(42-9)46-27-20(36)18-15(34)6-12(31)7-16(18)43-26(27)11-3-4-13(32)14(33)5-11/h3-7,9,17,19,21-25,28-29,31-35,37-40H,8H2,1-2H3/t9-,17+,19-,21+,22-,23+,24+,25-,28-,29-/m0/s1. The van der Waals surface area contributed by atoms with Crippen LogP contribution in [0.1, 0.15) is 13.8 Å². The maximum atomic E-state index is 13.6. The second-order valence-electron chi connectivity index (χ2n) is 10.9. The van der Waals surface area contributed by atoms with Crippen molar-refractivity contribution in [2.75, 3.05) is 6.61 Å². The Hall–Kier alpha value is -4.20. The summed E-state index contributed by atoms with van der Waals surface area (Å²) in [5.74, 6) is -3.94. The van der Waals surface area contributed by atoms with Gasteiger partial charge >= 0.3 is 5.97 Å². The molecule has 2 saturated heterocycles. The van der Waals surface area contributed by atoms with E-state index in [4.69, 9.17) is 28.1 Å². The van der Waals surface area contributed by atoms with Gasteiger partial charge in [0.1, 0.15) is 71.8 Å². The molecule has 250 valence electrons. The molecule has 9 N–H and O–H groups in total. The maximum absolute atomic E-state index is 13.6. The fraction of sp³-hybridized carbons (Fsp3) is 0.448. The number of phenols is 4. The van der Waals surface area contributed by atoms with E-state index in [1.54, 1.807) is 0 Å². The maximum Gasteiger partial charge on any atom is 0.302 e. The summed E-state index contributed by atoms with van der Waals surface area (Å²) < 4.78 is 33.2. The number of fused-ring (bicyclic) bond motifs is 1. The average Bonchev–Trinajstić information content (AvgIpc) is 2.99. The van der Waals surface area contributed by atoms with Crippen molar-refractivity contribution < 1.29 is 78.9 Å². The molecule has 2 aliphatic rings. The van der Waals surface area contributed by atoms with E-state index >= 15 is 0 Å². The highest BCUT2D eigenvalue weighted by Crippen LogP contribution is 2.39. The highest BCUT2D eigenvalue weighted by Gasteiger charge is 2.50. The topological polar surface area (TPSA) is 275 Å². The molecule has 17 heteroatoms. The molecule has 0 radical (unpaired) electrons. The molecule has 2 fully saturated rings. The summed E-state index contributed by atoms with van der Waals surface area (Å²) in [7, 11) is 0. The van der Waals surface area contributed by atoms with Gasteiger partial charge in [-0.3, -0.25) is 9.59 Å². The van der Waals surface area contributed by atoms with Crippen molar-refractivity contribution in [2.24, 2.45) is 0 Å². The molecule has 46 heavy (non-hydrogen) atoms. The van der Waals surface area contributed by atoms with Gasteiger partial charge in [0.15, 0.2) is 23.5 Å². The van der Waals surface area contributed by atoms with Gasteiger partial charge in [0.05, 0.1) is 6.10 Å². The van der Waals surface area contributed by atoms with Gasteiger partial charge in [-0.1, -0.05) is 0 Å². The number of esters is 1. The zero-order valence-electron chi connectivity index (χ0n) is 24.2. The van der Waals surface area contributed by atoms with Crippen LogP contribution in [0.25, 0.3) is 22.3 Å². The van der Waals surface area contributed by atoms with Gasteiger partial charge < -0.3 is 74.1 Å². The predicted octanol–water partition coefficient (Wildman–Crippen LogP) is -1.12.